The molecule has 0 spiro atoms. The van der Waals surface area contributed by atoms with Crippen molar-refractivity contribution in [3.05, 3.63) is 23.8 Å². The molecule has 1 saturated carbocycles. The molecule has 6 nitrogen and oxygen atoms in total. The number of methoxy groups -OCH3 is 1. The van der Waals surface area contributed by atoms with Crippen LogP contribution in [0.1, 0.15) is 24.8 Å². The standard InChI is InChI=1S/C15H21NO5/c1-16-15(14(18)19)6-5-11(8-15)21-12-4-3-10(9-17)7-13(12)20-2/h3-4,7,11,16-17H,5-6,8-9H2,1-2H3,(H,18,19). The molecule has 1 fully saturated rings. The molecule has 6 heteroatoms. The molecule has 0 bridgehead atoms. The third kappa shape index (κ3) is 3.11. The third-order valence-corrected chi connectivity index (χ3v) is 4.06. The largest absolute Gasteiger partial charge is 0.493 e. The van der Waals surface area contributed by atoms with E-state index in [0.29, 0.717) is 30.8 Å². The number of hydrogen-bond acceptors (Lipinski definition) is 5. The minimum absolute atomic E-state index is 0.0675. The number of aliphatic hydroxyl groups is 1. The van der Waals surface area contributed by atoms with Gasteiger partial charge in [-0.15, -0.1) is 0 Å². The molecule has 2 atom stereocenters. The molecule has 1 aliphatic rings. The molecule has 116 valence electrons. The molecule has 0 aliphatic heterocycles. The lowest BCUT2D eigenvalue weighted by Gasteiger charge is -2.23. The second kappa shape index (κ2) is 6.32. The maximum Gasteiger partial charge on any atom is 0.324 e. The molecule has 2 unspecified atom stereocenters. The Bertz CT molecular complexity index is 519. The van der Waals surface area contributed by atoms with Gasteiger partial charge in [-0.25, -0.2) is 0 Å². The van der Waals surface area contributed by atoms with Crippen molar-refractivity contribution < 1.29 is 24.5 Å². The van der Waals surface area contributed by atoms with E-state index in [-0.39, 0.29) is 12.7 Å². The zero-order valence-corrected chi connectivity index (χ0v) is 12.3. The van der Waals surface area contributed by atoms with E-state index in [2.05, 4.69) is 5.32 Å². The van der Waals surface area contributed by atoms with Crippen LogP contribution in [0.3, 0.4) is 0 Å². The van der Waals surface area contributed by atoms with Crippen LogP contribution in [-0.4, -0.2) is 42.0 Å². The van der Waals surface area contributed by atoms with Crippen LogP contribution >= 0.6 is 0 Å². The molecular formula is C15H21NO5. The predicted molar refractivity (Wildman–Crippen MR) is 76.6 cm³/mol. The Balaban J connectivity index is 2.11. The summed E-state index contributed by atoms with van der Waals surface area (Å²) in [6, 6.07) is 5.21. The van der Waals surface area contributed by atoms with Crippen molar-refractivity contribution in [1.82, 2.24) is 5.32 Å². The highest BCUT2D eigenvalue weighted by Gasteiger charge is 2.45. The molecule has 21 heavy (non-hydrogen) atoms. The number of ether oxygens (including phenoxy) is 2. The number of benzene rings is 1. The monoisotopic (exact) mass is 295 g/mol. The molecule has 3 N–H and O–H groups in total. The van der Waals surface area contributed by atoms with Gasteiger partial charge in [0.25, 0.3) is 0 Å². The van der Waals surface area contributed by atoms with Gasteiger partial charge in [-0.05, 0) is 37.6 Å². The lowest BCUT2D eigenvalue weighted by atomic mass is 9.98. The molecule has 0 radical (unpaired) electrons. The van der Waals surface area contributed by atoms with Gasteiger partial charge in [-0.3, -0.25) is 4.79 Å². The highest BCUT2D eigenvalue weighted by Crippen LogP contribution is 2.36. The smallest absolute Gasteiger partial charge is 0.324 e. The number of rotatable bonds is 6. The Morgan fingerprint density at radius 1 is 1.48 bits per heavy atom. The second-order valence-corrected chi connectivity index (χ2v) is 5.26. The Kier molecular flexibility index (Phi) is 4.69. The molecule has 1 aromatic rings. The molecular weight excluding hydrogens is 274 g/mol. The van der Waals surface area contributed by atoms with E-state index < -0.39 is 11.5 Å². The molecule has 0 amide bonds. The number of carboxylic acids is 1. The van der Waals surface area contributed by atoms with Gasteiger partial charge in [-0.1, -0.05) is 6.07 Å². The van der Waals surface area contributed by atoms with E-state index in [0.717, 1.165) is 5.56 Å². The topological polar surface area (TPSA) is 88.0 Å². The van der Waals surface area contributed by atoms with E-state index in [1.54, 1.807) is 25.2 Å². The average molecular weight is 295 g/mol. The van der Waals surface area contributed by atoms with Crippen molar-refractivity contribution >= 4 is 5.97 Å². The number of likely N-dealkylation sites (N-methyl/N-ethyl adjacent to an activating group) is 1. The van der Waals surface area contributed by atoms with Gasteiger partial charge in [0.05, 0.1) is 13.7 Å². The summed E-state index contributed by atoms with van der Waals surface area (Å²) in [5.74, 6) is 0.259. The van der Waals surface area contributed by atoms with Crippen LogP contribution in [0.15, 0.2) is 18.2 Å². The highest BCUT2D eigenvalue weighted by molar-refractivity contribution is 5.79. The van der Waals surface area contributed by atoms with Gasteiger partial charge < -0.3 is 25.0 Å². The summed E-state index contributed by atoms with van der Waals surface area (Å²) in [6.07, 6.45) is 1.42. The minimum Gasteiger partial charge on any atom is -0.493 e. The van der Waals surface area contributed by atoms with Crippen molar-refractivity contribution in [2.45, 2.75) is 37.5 Å². The number of carboxylic acid groups (broad SMARTS) is 1. The summed E-state index contributed by atoms with van der Waals surface area (Å²) in [7, 11) is 3.19. The molecule has 0 aromatic heterocycles. The summed E-state index contributed by atoms with van der Waals surface area (Å²) in [6.45, 7) is -0.0675. The van der Waals surface area contributed by atoms with Crippen molar-refractivity contribution in [3.8, 4) is 11.5 Å². The number of hydrogen-bond donors (Lipinski definition) is 3. The molecule has 2 rings (SSSR count). The van der Waals surface area contributed by atoms with Crippen LogP contribution < -0.4 is 14.8 Å². The highest BCUT2D eigenvalue weighted by atomic mass is 16.5. The Labute approximate surface area is 123 Å². The molecule has 1 aliphatic carbocycles. The van der Waals surface area contributed by atoms with Gasteiger partial charge in [0, 0.05) is 6.42 Å². The maximum absolute atomic E-state index is 11.4. The number of aliphatic hydroxyl groups excluding tert-OH is 1. The van der Waals surface area contributed by atoms with Crippen LogP contribution in [0.25, 0.3) is 0 Å². The van der Waals surface area contributed by atoms with E-state index in [4.69, 9.17) is 14.6 Å². The molecule has 0 heterocycles. The van der Waals surface area contributed by atoms with Crippen LogP contribution in [0, 0.1) is 0 Å². The van der Waals surface area contributed by atoms with Gasteiger partial charge in [-0.2, -0.15) is 0 Å². The van der Waals surface area contributed by atoms with E-state index in [9.17, 15) is 9.90 Å². The third-order valence-electron chi connectivity index (χ3n) is 4.06. The van der Waals surface area contributed by atoms with Crippen LogP contribution in [-0.2, 0) is 11.4 Å². The molecule has 1 aromatic carbocycles. The second-order valence-electron chi connectivity index (χ2n) is 5.26. The zero-order valence-electron chi connectivity index (χ0n) is 12.3. The Hall–Kier alpha value is -1.79. The van der Waals surface area contributed by atoms with Crippen molar-refractivity contribution in [2.24, 2.45) is 0 Å². The van der Waals surface area contributed by atoms with Gasteiger partial charge in [0.2, 0.25) is 0 Å². The SMILES string of the molecule is CNC1(C(=O)O)CCC(Oc2ccc(CO)cc2OC)C1. The average Bonchev–Trinajstić information content (AvgIpc) is 2.92. The lowest BCUT2D eigenvalue weighted by Crippen LogP contribution is -2.48. The first-order valence-electron chi connectivity index (χ1n) is 6.91. The fourth-order valence-electron chi connectivity index (χ4n) is 2.72. The zero-order chi connectivity index (χ0) is 15.5. The van der Waals surface area contributed by atoms with Gasteiger partial charge in [0.1, 0.15) is 11.6 Å². The van der Waals surface area contributed by atoms with Crippen LogP contribution in [0.5, 0.6) is 11.5 Å². The first kappa shape index (κ1) is 15.6. The lowest BCUT2D eigenvalue weighted by molar-refractivity contribution is -0.144. The predicted octanol–water partition coefficient (Wildman–Crippen LogP) is 1.16. The number of carbonyl (C=O) groups is 1. The quantitative estimate of drug-likeness (QED) is 0.730. The van der Waals surface area contributed by atoms with E-state index in [1.165, 1.54) is 7.11 Å². The Morgan fingerprint density at radius 3 is 2.76 bits per heavy atom. The van der Waals surface area contributed by atoms with Gasteiger partial charge in [0.15, 0.2) is 11.5 Å². The van der Waals surface area contributed by atoms with Crippen LogP contribution in [0.4, 0.5) is 0 Å². The summed E-state index contributed by atoms with van der Waals surface area (Å²) in [5, 5.41) is 21.4. The van der Waals surface area contributed by atoms with Crippen molar-refractivity contribution in [1.29, 1.82) is 0 Å². The number of nitrogens with one attached hydrogen (secondary N) is 1. The van der Waals surface area contributed by atoms with E-state index >= 15 is 0 Å². The van der Waals surface area contributed by atoms with E-state index in [1.807, 2.05) is 0 Å². The van der Waals surface area contributed by atoms with Gasteiger partial charge >= 0.3 is 5.97 Å². The normalized spacial score (nSPS) is 24.8. The summed E-state index contributed by atoms with van der Waals surface area (Å²) < 4.78 is 11.1. The summed E-state index contributed by atoms with van der Waals surface area (Å²) >= 11 is 0. The van der Waals surface area contributed by atoms with Crippen molar-refractivity contribution in [2.75, 3.05) is 14.2 Å². The fourth-order valence-corrected chi connectivity index (χ4v) is 2.72. The van der Waals surface area contributed by atoms with Crippen molar-refractivity contribution in [3.63, 3.8) is 0 Å². The van der Waals surface area contributed by atoms with Crippen LogP contribution in [0.2, 0.25) is 0 Å². The summed E-state index contributed by atoms with van der Waals surface area (Å²) in [4.78, 5) is 11.4. The first-order valence-corrected chi connectivity index (χ1v) is 6.91. The maximum atomic E-state index is 11.4. The Morgan fingerprint density at radius 2 is 2.24 bits per heavy atom. The first-order chi connectivity index (χ1) is 10.0. The summed E-state index contributed by atoms with van der Waals surface area (Å²) in [5.41, 5.74) is -0.177. The number of aliphatic carboxylic acids is 1. The fraction of sp³-hybridized carbons (Fsp3) is 0.533. The molecule has 0 saturated heterocycles. The minimum atomic E-state index is -0.914.